The number of nitrogens with zero attached hydrogens (tertiary/aromatic N) is 3. The number of alkyl halides is 1. The average molecular weight is 558 g/mol. The fourth-order valence-electron chi connectivity index (χ4n) is 4.70. The molecule has 0 bridgehead atoms. The van der Waals surface area contributed by atoms with E-state index < -0.39 is 12.6 Å². The van der Waals surface area contributed by atoms with Crippen molar-refractivity contribution in [2.45, 2.75) is 33.2 Å². The number of benzene rings is 3. The summed E-state index contributed by atoms with van der Waals surface area (Å²) in [5.74, 6) is -0.337. The van der Waals surface area contributed by atoms with Gasteiger partial charge in [0.05, 0.1) is 28.9 Å². The molecule has 0 atom stereocenters. The Balaban J connectivity index is 1.40. The van der Waals surface area contributed by atoms with Crippen molar-refractivity contribution in [3.05, 3.63) is 112 Å². The van der Waals surface area contributed by atoms with Crippen LogP contribution in [0.3, 0.4) is 0 Å². The van der Waals surface area contributed by atoms with Crippen LogP contribution in [0.4, 0.5) is 8.78 Å². The fourth-order valence-corrected chi connectivity index (χ4v) is 4.70. The Morgan fingerprint density at radius 1 is 0.976 bits per heavy atom. The molecular weight excluding hydrogens is 528 g/mol. The average Bonchev–Trinajstić information content (AvgIpc) is 3.31. The highest BCUT2D eigenvalue weighted by Crippen LogP contribution is 2.27. The van der Waals surface area contributed by atoms with Crippen LogP contribution >= 0.6 is 0 Å². The lowest BCUT2D eigenvalue weighted by Crippen LogP contribution is -2.10. The summed E-state index contributed by atoms with van der Waals surface area (Å²) in [6.07, 6.45) is 0.346. The minimum Gasteiger partial charge on any atom is -0.478 e. The fraction of sp³-hybridized carbons (Fsp3) is 0.219. The number of carboxylic acid groups (broad SMARTS) is 1. The van der Waals surface area contributed by atoms with Crippen LogP contribution in [0.2, 0.25) is 0 Å². The molecule has 0 spiro atoms. The van der Waals surface area contributed by atoms with Gasteiger partial charge in [0.1, 0.15) is 24.9 Å². The van der Waals surface area contributed by atoms with E-state index in [1.807, 2.05) is 29.7 Å². The van der Waals surface area contributed by atoms with Crippen molar-refractivity contribution < 1.29 is 28.2 Å². The molecule has 41 heavy (non-hydrogen) atoms. The zero-order chi connectivity index (χ0) is 28.9. The third kappa shape index (κ3) is 6.25. The number of aryl methyl sites for hydroxylation is 1. The number of aromatic carboxylic acids is 1. The van der Waals surface area contributed by atoms with Gasteiger partial charge in [0, 0.05) is 37.3 Å². The van der Waals surface area contributed by atoms with Crippen LogP contribution < -0.4 is 4.74 Å². The Morgan fingerprint density at radius 3 is 2.56 bits per heavy atom. The van der Waals surface area contributed by atoms with E-state index in [9.17, 15) is 18.7 Å². The molecule has 0 unspecified atom stereocenters. The smallest absolute Gasteiger partial charge is 0.335 e. The molecule has 2 aromatic heterocycles. The first-order chi connectivity index (χ1) is 19.9. The second kappa shape index (κ2) is 12.3. The number of hydrogen-bond acceptors (Lipinski definition) is 5. The summed E-state index contributed by atoms with van der Waals surface area (Å²) in [4.78, 5) is 20.8. The quantitative estimate of drug-likeness (QED) is 0.199. The minimum atomic E-state index is -1.02. The maximum absolute atomic E-state index is 14.3. The summed E-state index contributed by atoms with van der Waals surface area (Å²) in [6.45, 7) is 2.05. The molecule has 0 aliphatic heterocycles. The number of carboxylic acids is 1. The Bertz CT molecular complexity index is 1720. The van der Waals surface area contributed by atoms with Crippen LogP contribution in [-0.2, 0) is 31.0 Å². The van der Waals surface area contributed by atoms with Crippen molar-refractivity contribution in [1.29, 1.82) is 0 Å². The lowest BCUT2D eigenvalue weighted by atomic mass is 10.00. The molecule has 210 valence electrons. The van der Waals surface area contributed by atoms with Gasteiger partial charge in [0.15, 0.2) is 0 Å². The molecule has 0 fully saturated rings. The molecular formula is C32H29F2N3O4. The van der Waals surface area contributed by atoms with Gasteiger partial charge in [-0.25, -0.2) is 23.5 Å². The van der Waals surface area contributed by atoms with Crippen LogP contribution in [-0.4, -0.2) is 39.3 Å². The molecule has 0 saturated carbocycles. The van der Waals surface area contributed by atoms with Gasteiger partial charge in [0.2, 0.25) is 5.88 Å². The van der Waals surface area contributed by atoms with Crippen LogP contribution in [0.5, 0.6) is 5.88 Å². The highest BCUT2D eigenvalue weighted by molar-refractivity contribution is 5.92. The summed E-state index contributed by atoms with van der Waals surface area (Å²) in [7, 11) is 1.59. The molecule has 0 amide bonds. The number of imidazole rings is 1. The monoisotopic (exact) mass is 557 g/mol. The predicted octanol–water partition coefficient (Wildman–Crippen LogP) is 6.53. The summed E-state index contributed by atoms with van der Waals surface area (Å²) in [5.41, 5.74) is 5.33. The van der Waals surface area contributed by atoms with E-state index in [-0.39, 0.29) is 18.0 Å². The standard InChI is InChI=1S/C32H29F2N3O4/c1-20-6-7-24(26(34)14-20)19-41-31-5-3-4-27(36-31)22-9-8-21(25(15-22)18-33)17-30-35-28-11-10-23(32(38)39)16-29(28)37(30)12-13-40-2/h3-11,14-16H,12-13,17-19H2,1-2H3,(H,38,39). The Kier molecular flexibility index (Phi) is 8.35. The zero-order valence-electron chi connectivity index (χ0n) is 22.7. The third-order valence-corrected chi connectivity index (χ3v) is 6.90. The van der Waals surface area contributed by atoms with Crippen LogP contribution in [0, 0.1) is 12.7 Å². The van der Waals surface area contributed by atoms with E-state index in [0.717, 1.165) is 11.1 Å². The zero-order valence-corrected chi connectivity index (χ0v) is 22.7. The van der Waals surface area contributed by atoms with Crippen molar-refractivity contribution >= 4 is 17.0 Å². The molecule has 0 radical (unpaired) electrons. The normalized spacial score (nSPS) is 11.2. The maximum Gasteiger partial charge on any atom is 0.335 e. The third-order valence-electron chi connectivity index (χ3n) is 6.90. The number of rotatable bonds is 11. The van der Waals surface area contributed by atoms with E-state index in [1.165, 1.54) is 12.1 Å². The summed E-state index contributed by atoms with van der Waals surface area (Å²) in [5, 5.41) is 9.44. The number of pyridine rings is 1. The summed E-state index contributed by atoms with van der Waals surface area (Å²) >= 11 is 0. The van der Waals surface area contributed by atoms with Crippen LogP contribution in [0.1, 0.15) is 38.4 Å². The Morgan fingerprint density at radius 2 is 1.80 bits per heavy atom. The van der Waals surface area contributed by atoms with Gasteiger partial charge < -0.3 is 19.1 Å². The molecule has 9 heteroatoms. The number of carbonyl (C=O) groups is 1. The number of hydrogen-bond donors (Lipinski definition) is 1. The van der Waals surface area contributed by atoms with Gasteiger partial charge in [-0.15, -0.1) is 0 Å². The first-order valence-electron chi connectivity index (χ1n) is 13.1. The second-order valence-electron chi connectivity index (χ2n) is 9.72. The van der Waals surface area contributed by atoms with E-state index in [0.29, 0.717) is 64.7 Å². The van der Waals surface area contributed by atoms with Crippen LogP contribution in [0.25, 0.3) is 22.3 Å². The van der Waals surface area contributed by atoms with Gasteiger partial charge in [-0.1, -0.05) is 30.3 Å². The van der Waals surface area contributed by atoms with Crippen LogP contribution in [0.15, 0.2) is 72.8 Å². The van der Waals surface area contributed by atoms with Crippen molar-refractivity contribution in [2.24, 2.45) is 0 Å². The SMILES string of the molecule is COCCn1c(Cc2ccc(-c3cccc(OCc4ccc(C)cc4F)n3)cc2CF)nc2ccc(C(=O)O)cc21. The molecule has 1 N–H and O–H groups in total. The lowest BCUT2D eigenvalue weighted by Gasteiger charge is -2.13. The minimum absolute atomic E-state index is 0.0370. The topological polar surface area (TPSA) is 86.5 Å². The van der Waals surface area contributed by atoms with Gasteiger partial charge >= 0.3 is 5.97 Å². The van der Waals surface area contributed by atoms with Crippen molar-refractivity contribution in [2.75, 3.05) is 13.7 Å². The molecule has 3 aromatic carbocycles. The number of ether oxygens (including phenoxy) is 2. The highest BCUT2D eigenvalue weighted by Gasteiger charge is 2.16. The van der Waals surface area contributed by atoms with E-state index >= 15 is 0 Å². The summed E-state index contributed by atoms with van der Waals surface area (Å²) < 4.78 is 41.4. The van der Waals surface area contributed by atoms with Crippen molar-refractivity contribution in [1.82, 2.24) is 14.5 Å². The molecule has 7 nitrogen and oxygen atoms in total. The van der Waals surface area contributed by atoms with E-state index in [1.54, 1.807) is 49.6 Å². The molecule has 0 aliphatic rings. The van der Waals surface area contributed by atoms with Gasteiger partial charge in [0.25, 0.3) is 0 Å². The second-order valence-corrected chi connectivity index (χ2v) is 9.72. The highest BCUT2D eigenvalue weighted by atomic mass is 19.1. The summed E-state index contributed by atoms with van der Waals surface area (Å²) in [6, 6.07) is 20.5. The molecule has 2 heterocycles. The first-order valence-corrected chi connectivity index (χ1v) is 13.1. The molecule has 5 aromatic rings. The van der Waals surface area contributed by atoms with Gasteiger partial charge in [-0.3, -0.25) is 0 Å². The number of fused-ring (bicyclic) bond motifs is 1. The maximum atomic E-state index is 14.3. The number of halogens is 2. The largest absolute Gasteiger partial charge is 0.478 e. The van der Waals surface area contributed by atoms with Gasteiger partial charge in [-0.05, 0) is 60.0 Å². The van der Waals surface area contributed by atoms with Crippen molar-refractivity contribution in [3.8, 4) is 17.1 Å². The lowest BCUT2D eigenvalue weighted by molar-refractivity contribution is 0.0697. The predicted molar refractivity (Wildman–Crippen MR) is 151 cm³/mol. The Labute approximate surface area is 236 Å². The number of methoxy groups -OCH3 is 1. The first kappa shape index (κ1) is 27.9. The van der Waals surface area contributed by atoms with Gasteiger partial charge in [-0.2, -0.15) is 0 Å². The molecule has 0 aliphatic carbocycles. The molecule has 5 rings (SSSR count). The van der Waals surface area contributed by atoms with Crippen molar-refractivity contribution in [3.63, 3.8) is 0 Å². The molecule has 0 saturated heterocycles. The van der Waals surface area contributed by atoms with E-state index in [4.69, 9.17) is 14.5 Å². The number of aromatic nitrogens is 3. The van der Waals surface area contributed by atoms with E-state index in [2.05, 4.69) is 4.98 Å². The Hall–Kier alpha value is -4.63.